The van der Waals surface area contributed by atoms with Crippen LogP contribution in [0.4, 0.5) is 0 Å². The van der Waals surface area contributed by atoms with Crippen LogP contribution < -0.4 is 0 Å². The van der Waals surface area contributed by atoms with Gasteiger partial charge in [0.25, 0.3) is 0 Å². The first-order valence-corrected chi connectivity index (χ1v) is 5.54. The highest BCUT2D eigenvalue weighted by molar-refractivity contribution is 5.77. The lowest BCUT2D eigenvalue weighted by molar-refractivity contribution is -0.145. The molecule has 0 aromatic heterocycles. The smallest absolute Gasteiger partial charge is 0.309 e. The molecule has 0 saturated heterocycles. The summed E-state index contributed by atoms with van der Waals surface area (Å²) in [5.74, 6) is 0.486. The molecule has 1 saturated carbocycles. The lowest BCUT2D eigenvalue weighted by Crippen LogP contribution is -2.08. The van der Waals surface area contributed by atoms with Crippen molar-refractivity contribution in [1.82, 2.24) is 0 Å². The van der Waals surface area contributed by atoms with Gasteiger partial charge in [0.2, 0.25) is 0 Å². The topological polar surface area (TPSA) is 26.3 Å². The summed E-state index contributed by atoms with van der Waals surface area (Å²) in [5.41, 5.74) is 1.26. The minimum Gasteiger partial charge on any atom is -0.465 e. The van der Waals surface area contributed by atoms with Gasteiger partial charge in [-0.1, -0.05) is 37.3 Å². The molecule has 2 heteroatoms. The van der Waals surface area contributed by atoms with Gasteiger partial charge in [-0.05, 0) is 24.3 Å². The highest BCUT2D eigenvalue weighted by atomic mass is 16.5. The van der Waals surface area contributed by atoms with E-state index in [9.17, 15) is 4.79 Å². The van der Waals surface area contributed by atoms with Gasteiger partial charge in [-0.3, -0.25) is 4.79 Å². The van der Waals surface area contributed by atoms with Crippen LogP contribution in [0.2, 0.25) is 0 Å². The Morgan fingerprint density at radius 1 is 1.40 bits per heavy atom. The molecule has 1 aromatic rings. The summed E-state index contributed by atoms with van der Waals surface area (Å²) in [4.78, 5) is 11.5. The minimum atomic E-state index is -0.0225. The van der Waals surface area contributed by atoms with E-state index in [0.29, 0.717) is 12.5 Å². The summed E-state index contributed by atoms with van der Waals surface area (Å²) in [6, 6.07) is 10.2. The maximum Gasteiger partial charge on any atom is 0.309 e. The lowest BCUT2D eigenvalue weighted by atomic mass is 10.1. The van der Waals surface area contributed by atoms with Crippen LogP contribution in [0.5, 0.6) is 0 Å². The zero-order chi connectivity index (χ0) is 10.7. The van der Waals surface area contributed by atoms with Crippen molar-refractivity contribution in [2.75, 3.05) is 6.61 Å². The molecule has 2 nitrogen and oxygen atoms in total. The van der Waals surface area contributed by atoms with E-state index in [1.807, 2.05) is 25.1 Å². The van der Waals surface area contributed by atoms with Gasteiger partial charge in [0.1, 0.15) is 0 Å². The third-order valence-electron chi connectivity index (χ3n) is 2.77. The summed E-state index contributed by atoms with van der Waals surface area (Å²) in [6.45, 7) is 2.56. The number of carbonyl (C=O) groups excluding carboxylic acids is 1. The Balaban J connectivity index is 1.88. The van der Waals surface area contributed by atoms with Crippen LogP contribution in [0.1, 0.15) is 31.2 Å². The van der Waals surface area contributed by atoms with Gasteiger partial charge in [0, 0.05) is 0 Å². The predicted molar refractivity (Wildman–Crippen MR) is 58.5 cm³/mol. The van der Waals surface area contributed by atoms with Crippen LogP contribution >= 0.6 is 0 Å². The molecule has 0 amide bonds. The molecule has 1 aromatic carbocycles. The molecule has 0 spiro atoms. The first kappa shape index (κ1) is 10.2. The zero-order valence-corrected chi connectivity index (χ0v) is 8.98. The normalized spacial score (nSPS) is 23.5. The highest BCUT2D eigenvalue weighted by Gasteiger charge is 2.44. The van der Waals surface area contributed by atoms with E-state index in [0.717, 1.165) is 12.8 Å². The third kappa shape index (κ3) is 2.38. The molecule has 15 heavy (non-hydrogen) atoms. The maximum atomic E-state index is 11.5. The number of hydrogen-bond donors (Lipinski definition) is 0. The largest absolute Gasteiger partial charge is 0.465 e. The Hall–Kier alpha value is -1.31. The zero-order valence-electron chi connectivity index (χ0n) is 8.98. The molecular formula is C13H16O2. The van der Waals surface area contributed by atoms with Crippen molar-refractivity contribution < 1.29 is 9.53 Å². The van der Waals surface area contributed by atoms with Crippen LogP contribution in [0.15, 0.2) is 30.3 Å². The van der Waals surface area contributed by atoms with Gasteiger partial charge in [-0.15, -0.1) is 0 Å². The van der Waals surface area contributed by atoms with Crippen molar-refractivity contribution in [3.05, 3.63) is 35.9 Å². The Morgan fingerprint density at radius 3 is 2.80 bits per heavy atom. The molecule has 1 fully saturated rings. The van der Waals surface area contributed by atoms with E-state index in [4.69, 9.17) is 4.74 Å². The maximum absolute atomic E-state index is 11.5. The second-order valence-electron chi connectivity index (χ2n) is 4.03. The molecule has 80 valence electrons. The van der Waals surface area contributed by atoms with Gasteiger partial charge < -0.3 is 4.74 Å². The van der Waals surface area contributed by atoms with Crippen molar-refractivity contribution in [3.8, 4) is 0 Å². The van der Waals surface area contributed by atoms with Crippen LogP contribution in [-0.2, 0) is 9.53 Å². The van der Waals surface area contributed by atoms with Crippen LogP contribution in [0.25, 0.3) is 0 Å². The van der Waals surface area contributed by atoms with Gasteiger partial charge in [0.15, 0.2) is 0 Å². The van der Waals surface area contributed by atoms with E-state index < -0.39 is 0 Å². The summed E-state index contributed by atoms with van der Waals surface area (Å²) in [7, 11) is 0. The number of rotatable bonds is 4. The molecule has 1 aliphatic rings. The number of hydrogen-bond acceptors (Lipinski definition) is 2. The fraction of sp³-hybridized carbons (Fsp3) is 0.462. The summed E-state index contributed by atoms with van der Waals surface area (Å²) in [6.07, 6.45) is 1.85. The van der Waals surface area contributed by atoms with E-state index in [2.05, 4.69) is 12.1 Å². The second-order valence-corrected chi connectivity index (χ2v) is 4.03. The van der Waals surface area contributed by atoms with Gasteiger partial charge in [-0.2, -0.15) is 0 Å². The number of ether oxygens (including phenoxy) is 1. The van der Waals surface area contributed by atoms with Gasteiger partial charge in [0.05, 0.1) is 12.5 Å². The fourth-order valence-corrected chi connectivity index (χ4v) is 1.83. The van der Waals surface area contributed by atoms with Crippen LogP contribution in [-0.4, -0.2) is 12.6 Å². The molecule has 0 radical (unpaired) electrons. The number of benzene rings is 1. The second kappa shape index (κ2) is 4.47. The van der Waals surface area contributed by atoms with E-state index in [1.54, 1.807) is 0 Å². The van der Waals surface area contributed by atoms with Crippen molar-refractivity contribution in [3.63, 3.8) is 0 Å². The molecule has 2 unspecified atom stereocenters. The first-order chi connectivity index (χ1) is 7.33. The summed E-state index contributed by atoms with van der Waals surface area (Å²) >= 11 is 0. The Kier molecular flexibility index (Phi) is 3.05. The molecular weight excluding hydrogens is 188 g/mol. The summed E-state index contributed by atoms with van der Waals surface area (Å²) < 4.78 is 5.13. The molecule has 2 rings (SSSR count). The van der Waals surface area contributed by atoms with Crippen LogP contribution in [0.3, 0.4) is 0 Å². The summed E-state index contributed by atoms with van der Waals surface area (Å²) in [5, 5.41) is 0. The van der Waals surface area contributed by atoms with Gasteiger partial charge in [-0.25, -0.2) is 0 Å². The number of esters is 1. The number of carbonyl (C=O) groups is 1. The average molecular weight is 204 g/mol. The molecule has 0 N–H and O–H groups in total. The molecule has 0 heterocycles. The highest BCUT2D eigenvalue weighted by Crippen LogP contribution is 2.47. The van der Waals surface area contributed by atoms with Crippen molar-refractivity contribution in [2.45, 2.75) is 25.7 Å². The Bertz CT molecular complexity index is 332. The Morgan fingerprint density at radius 2 is 2.13 bits per heavy atom. The average Bonchev–Trinajstić information content (AvgIpc) is 3.07. The standard InChI is InChI=1S/C13H16O2/c1-2-8-15-13(14)12-9-11(12)10-6-4-3-5-7-10/h3-7,11-12H,2,8-9H2,1H3. The SMILES string of the molecule is CCCOC(=O)C1CC1c1ccccc1. The van der Waals surface area contributed by atoms with Gasteiger partial charge >= 0.3 is 5.97 Å². The van der Waals surface area contributed by atoms with E-state index in [-0.39, 0.29) is 11.9 Å². The molecule has 0 bridgehead atoms. The van der Waals surface area contributed by atoms with Crippen molar-refractivity contribution >= 4 is 5.97 Å². The van der Waals surface area contributed by atoms with Crippen molar-refractivity contribution in [1.29, 1.82) is 0 Å². The van der Waals surface area contributed by atoms with Crippen LogP contribution in [0, 0.1) is 5.92 Å². The molecule has 0 aliphatic heterocycles. The monoisotopic (exact) mass is 204 g/mol. The third-order valence-corrected chi connectivity index (χ3v) is 2.77. The predicted octanol–water partition coefficient (Wildman–Crippen LogP) is 2.74. The first-order valence-electron chi connectivity index (χ1n) is 5.54. The lowest BCUT2D eigenvalue weighted by Gasteiger charge is -2.02. The molecule has 2 atom stereocenters. The molecule has 1 aliphatic carbocycles. The van der Waals surface area contributed by atoms with E-state index in [1.165, 1.54) is 5.56 Å². The van der Waals surface area contributed by atoms with Crippen molar-refractivity contribution in [2.24, 2.45) is 5.92 Å². The quantitative estimate of drug-likeness (QED) is 0.705. The Labute approximate surface area is 90.3 Å². The minimum absolute atomic E-state index is 0.0225. The van der Waals surface area contributed by atoms with E-state index >= 15 is 0 Å². The fourth-order valence-electron chi connectivity index (χ4n) is 1.83.